The number of hydrogen-bond acceptors (Lipinski definition) is 6. The van der Waals surface area contributed by atoms with Crippen LogP contribution in [0.2, 0.25) is 0 Å². The molecule has 0 saturated carbocycles. The van der Waals surface area contributed by atoms with Gasteiger partial charge in [0.15, 0.2) is 0 Å². The van der Waals surface area contributed by atoms with Crippen molar-refractivity contribution in [1.82, 2.24) is 10.6 Å². The number of nitrogens with zero attached hydrogens (tertiary/aromatic N) is 1. The van der Waals surface area contributed by atoms with Crippen LogP contribution in [0.4, 0.5) is 4.79 Å². The van der Waals surface area contributed by atoms with Crippen LogP contribution in [0.25, 0.3) is 0 Å². The maximum Gasteiger partial charge on any atom is 0.408 e. The number of benzene rings is 2. The first-order valence-corrected chi connectivity index (χ1v) is 10.2. The predicted molar refractivity (Wildman–Crippen MR) is 117 cm³/mol. The predicted octanol–water partition coefficient (Wildman–Crippen LogP) is 2.71. The fourth-order valence-electron chi connectivity index (χ4n) is 3.03. The number of amides is 2. The molecule has 0 bridgehead atoms. The second-order valence-electron chi connectivity index (χ2n) is 7.53. The standard InChI is InChI=1S/C24H27N3O5/c1-16(2)21(27-24(30)32-15-17-8-5-4-6-9-17)22(28)26-20(23(29)31-3)13-18-10-7-11-19(12-18)14-25/h4-12,16,20-21H,13,15H2,1-3H3,(H,26,28)(H,27,30)/t20-,21-/m1/s1. The first-order valence-electron chi connectivity index (χ1n) is 10.2. The van der Waals surface area contributed by atoms with Crippen molar-refractivity contribution < 1.29 is 23.9 Å². The van der Waals surface area contributed by atoms with Crippen molar-refractivity contribution in [2.24, 2.45) is 5.92 Å². The summed E-state index contributed by atoms with van der Waals surface area (Å²) < 4.78 is 10.0. The SMILES string of the molecule is COC(=O)[C@@H](Cc1cccc(C#N)c1)NC(=O)[C@H](NC(=O)OCc1ccccc1)C(C)C. The van der Waals surface area contributed by atoms with Crippen LogP contribution < -0.4 is 10.6 Å². The van der Waals surface area contributed by atoms with Gasteiger partial charge in [-0.3, -0.25) is 4.79 Å². The molecule has 32 heavy (non-hydrogen) atoms. The molecule has 8 nitrogen and oxygen atoms in total. The lowest BCUT2D eigenvalue weighted by molar-refractivity contribution is -0.145. The number of nitrogens with one attached hydrogen (secondary N) is 2. The van der Waals surface area contributed by atoms with Crippen LogP contribution in [0, 0.1) is 17.2 Å². The summed E-state index contributed by atoms with van der Waals surface area (Å²) >= 11 is 0. The van der Waals surface area contributed by atoms with Gasteiger partial charge in [0, 0.05) is 6.42 Å². The van der Waals surface area contributed by atoms with Gasteiger partial charge in [-0.25, -0.2) is 9.59 Å². The van der Waals surface area contributed by atoms with E-state index in [1.165, 1.54) is 7.11 Å². The summed E-state index contributed by atoms with van der Waals surface area (Å²) in [5.41, 5.74) is 1.95. The smallest absolute Gasteiger partial charge is 0.408 e. The fraction of sp³-hybridized carbons (Fsp3) is 0.333. The van der Waals surface area contributed by atoms with Gasteiger partial charge in [0.25, 0.3) is 0 Å². The maximum atomic E-state index is 12.9. The molecular weight excluding hydrogens is 410 g/mol. The first-order chi connectivity index (χ1) is 15.3. The third kappa shape index (κ3) is 7.43. The van der Waals surface area contributed by atoms with Crippen molar-refractivity contribution in [1.29, 1.82) is 5.26 Å². The molecule has 168 valence electrons. The van der Waals surface area contributed by atoms with Crippen molar-refractivity contribution in [3.05, 3.63) is 71.3 Å². The molecule has 2 N–H and O–H groups in total. The number of carbonyl (C=O) groups excluding carboxylic acids is 3. The van der Waals surface area contributed by atoms with Gasteiger partial charge in [-0.1, -0.05) is 56.3 Å². The molecule has 2 rings (SSSR count). The van der Waals surface area contributed by atoms with Crippen molar-refractivity contribution in [3.63, 3.8) is 0 Å². The zero-order chi connectivity index (χ0) is 23.5. The van der Waals surface area contributed by atoms with E-state index in [0.717, 1.165) is 5.56 Å². The van der Waals surface area contributed by atoms with Crippen LogP contribution >= 0.6 is 0 Å². The molecule has 0 aliphatic rings. The molecule has 0 aliphatic heterocycles. The largest absolute Gasteiger partial charge is 0.467 e. The Morgan fingerprint density at radius 3 is 2.31 bits per heavy atom. The lowest BCUT2D eigenvalue weighted by Gasteiger charge is -2.24. The summed E-state index contributed by atoms with van der Waals surface area (Å²) in [6.45, 7) is 3.61. The Balaban J connectivity index is 2.04. The second-order valence-corrected chi connectivity index (χ2v) is 7.53. The number of nitriles is 1. The molecule has 2 atom stereocenters. The first kappa shape index (κ1) is 24.4. The molecular formula is C24H27N3O5. The molecule has 0 saturated heterocycles. The highest BCUT2D eigenvalue weighted by molar-refractivity contribution is 5.90. The highest BCUT2D eigenvalue weighted by Gasteiger charge is 2.29. The third-order valence-electron chi connectivity index (χ3n) is 4.73. The van der Waals surface area contributed by atoms with E-state index in [-0.39, 0.29) is 18.9 Å². The number of hydrogen-bond donors (Lipinski definition) is 2. The van der Waals surface area contributed by atoms with Crippen molar-refractivity contribution in [2.75, 3.05) is 7.11 Å². The summed E-state index contributed by atoms with van der Waals surface area (Å²) in [4.78, 5) is 37.4. The average molecular weight is 437 g/mol. The quantitative estimate of drug-likeness (QED) is 0.583. The normalized spacial score (nSPS) is 12.2. The lowest BCUT2D eigenvalue weighted by Crippen LogP contribution is -2.54. The Labute approximate surface area is 187 Å². The molecule has 0 unspecified atom stereocenters. The Hall–Kier alpha value is -3.86. The number of ether oxygens (including phenoxy) is 2. The number of rotatable bonds is 9. The highest BCUT2D eigenvalue weighted by atomic mass is 16.5. The van der Waals surface area contributed by atoms with Crippen molar-refractivity contribution in [3.8, 4) is 6.07 Å². The average Bonchev–Trinajstić information content (AvgIpc) is 2.80. The van der Waals surface area contributed by atoms with Crippen molar-refractivity contribution in [2.45, 2.75) is 39.0 Å². The zero-order valence-corrected chi connectivity index (χ0v) is 18.3. The molecule has 0 radical (unpaired) electrons. The molecule has 0 aromatic heterocycles. The van der Waals surface area contributed by atoms with Crippen LogP contribution in [0.5, 0.6) is 0 Å². The summed E-state index contributed by atoms with van der Waals surface area (Å²) in [6, 6.07) is 16.0. The van der Waals surface area contributed by atoms with E-state index < -0.39 is 30.1 Å². The van der Waals surface area contributed by atoms with Crippen LogP contribution in [0.3, 0.4) is 0 Å². The van der Waals surface area contributed by atoms with Crippen LogP contribution in [-0.2, 0) is 32.1 Å². The molecule has 0 heterocycles. The molecule has 0 spiro atoms. The molecule has 2 aromatic rings. The fourth-order valence-corrected chi connectivity index (χ4v) is 3.03. The van der Waals surface area contributed by atoms with Crippen LogP contribution in [0.1, 0.15) is 30.5 Å². The monoisotopic (exact) mass is 437 g/mol. The van der Waals surface area contributed by atoms with E-state index >= 15 is 0 Å². The molecule has 2 amide bonds. The zero-order valence-electron chi connectivity index (χ0n) is 18.3. The minimum atomic E-state index is -0.982. The van der Waals surface area contributed by atoms with Gasteiger partial charge in [-0.05, 0) is 29.2 Å². The van der Waals surface area contributed by atoms with Gasteiger partial charge in [-0.2, -0.15) is 5.26 Å². The highest BCUT2D eigenvalue weighted by Crippen LogP contribution is 2.10. The lowest BCUT2D eigenvalue weighted by atomic mass is 10.0. The van der Waals surface area contributed by atoms with E-state index in [1.807, 2.05) is 36.4 Å². The minimum Gasteiger partial charge on any atom is -0.467 e. The van der Waals surface area contributed by atoms with Crippen LogP contribution in [0.15, 0.2) is 54.6 Å². The summed E-state index contributed by atoms with van der Waals surface area (Å²) in [5, 5.41) is 14.3. The summed E-state index contributed by atoms with van der Waals surface area (Å²) in [6.07, 6.45) is -0.601. The molecule has 2 aromatic carbocycles. The van der Waals surface area contributed by atoms with Gasteiger partial charge < -0.3 is 20.1 Å². The number of methoxy groups -OCH3 is 1. The Morgan fingerprint density at radius 2 is 1.69 bits per heavy atom. The van der Waals surface area contributed by atoms with E-state index in [4.69, 9.17) is 14.7 Å². The molecule has 0 aliphatic carbocycles. The topological polar surface area (TPSA) is 118 Å². The summed E-state index contributed by atoms with van der Waals surface area (Å²) in [5.74, 6) is -1.43. The summed E-state index contributed by atoms with van der Waals surface area (Å²) in [7, 11) is 1.23. The number of carbonyl (C=O) groups is 3. The Kier molecular flexibility index (Phi) is 9.23. The van der Waals surface area contributed by atoms with Gasteiger partial charge in [0.2, 0.25) is 5.91 Å². The number of alkyl carbamates (subject to hydrolysis) is 1. The Morgan fingerprint density at radius 1 is 1.00 bits per heavy atom. The second kappa shape index (κ2) is 12.1. The van der Waals surface area contributed by atoms with Gasteiger partial charge in [0.1, 0.15) is 18.7 Å². The Bertz CT molecular complexity index is 969. The van der Waals surface area contributed by atoms with E-state index in [0.29, 0.717) is 11.1 Å². The number of esters is 1. The molecule has 0 fully saturated rings. The van der Waals surface area contributed by atoms with Gasteiger partial charge >= 0.3 is 12.1 Å². The molecule has 8 heteroatoms. The van der Waals surface area contributed by atoms with E-state index in [1.54, 1.807) is 38.1 Å². The third-order valence-corrected chi connectivity index (χ3v) is 4.73. The van der Waals surface area contributed by atoms with Gasteiger partial charge in [-0.15, -0.1) is 0 Å². The van der Waals surface area contributed by atoms with E-state index in [9.17, 15) is 14.4 Å². The maximum absolute atomic E-state index is 12.9. The van der Waals surface area contributed by atoms with Crippen molar-refractivity contribution >= 4 is 18.0 Å². The minimum absolute atomic E-state index is 0.0686. The van der Waals surface area contributed by atoms with Crippen LogP contribution in [-0.4, -0.2) is 37.2 Å². The van der Waals surface area contributed by atoms with E-state index in [2.05, 4.69) is 10.6 Å². The van der Waals surface area contributed by atoms with Gasteiger partial charge in [0.05, 0.1) is 18.7 Å².